The number of hydrogen-bond donors (Lipinski definition) is 2. The Morgan fingerprint density at radius 2 is 2.43 bits per heavy atom. The monoisotopic (exact) mass is 234 g/mol. The molecule has 0 spiro atoms. The standard InChI is InChI=1S/C9H15ClN2OS/c1-2-3-6(4-11)8(13)9-12-5-7(10)14-9/h5-6,8,13H,2-4,11H2,1H3. The molecule has 2 unspecified atom stereocenters. The molecule has 0 radical (unpaired) electrons. The predicted octanol–water partition coefficient (Wildman–Crippen LogP) is 2.20. The van der Waals surface area contributed by atoms with Crippen LogP contribution in [0.4, 0.5) is 0 Å². The van der Waals surface area contributed by atoms with E-state index in [0.717, 1.165) is 12.8 Å². The van der Waals surface area contributed by atoms with Crippen molar-refractivity contribution in [1.29, 1.82) is 0 Å². The molecule has 5 heteroatoms. The molecule has 0 aliphatic carbocycles. The fourth-order valence-corrected chi connectivity index (χ4v) is 2.39. The van der Waals surface area contributed by atoms with Crippen LogP contribution in [0.3, 0.4) is 0 Å². The Morgan fingerprint density at radius 1 is 1.71 bits per heavy atom. The second-order valence-electron chi connectivity index (χ2n) is 3.23. The number of aliphatic hydroxyl groups excluding tert-OH is 1. The molecule has 0 aliphatic rings. The van der Waals surface area contributed by atoms with Crippen molar-refractivity contribution in [2.24, 2.45) is 11.7 Å². The highest BCUT2D eigenvalue weighted by Crippen LogP contribution is 2.30. The fourth-order valence-electron chi connectivity index (χ4n) is 1.38. The van der Waals surface area contributed by atoms with Gasteiger partial charge < -0.3 is 10.8 Å². The van der Waals surface area contributed by atoms with Crippen LogP contribution in [0.15, 0.2) is 6.20 Å². The normalized spacial score (nSPS) is 15.4. The Bertz CT molecular complexity index is 280. The Kier molecular flexibility index (Phi) is 4.81. The SMILES string of the molecule is CCCC(CN)C(O)c1ncc(Cl)s1. The van der Waals surface area contributed by atoms with Gasteiger partial charge in [-0.05, 0) is 13.0 Å². The van der Waals surface area contributed by atoms with Gasteiger partial charge in [0.1, 0.15) is 15.4 Å². The minimum absolute atomic E-state index is 0.0854. The largest absolute Gasteiger partial charge is 0.386 e. The minimum atomic E-state index is -0.572. The number of nitrogens with two attached hydrogens (primary N) is 1. The molecule has 2 atom stereocenters. The lowest BCUT2D eigenvalue weighted by Gasteiger charge is -2.18. The van der Waals surface area contributed by atoms with Crippen LogP contribution >= 0.6 is 22.9 Å². The average Bonchev–Trinajstić information content (AvgIpc) is 2.60. The zero-order chi connectivity index (χ0) is 10.6. The van der Waals surface area contributed by atoms with Gasteiger partial charge >= 0.3 is 0 Å². The molecule has 0 fully saturated rings. The lowest BCUT2D eigenvalue weighted by molar-refractivity contribution is 0.106. The van der Waals surface area contributed by atoms with Gasteiger partial charge in [0.25, 0.3) is 0 Å². The lowest BCUT2D eigenvalue weighted by atomic mass is 9.98. The smallest absolute Gasteiger partial charge is 0.123 e. The molecule has 14 heavy (non-hydrogen) atoms. The Labute approximate surface area is 92.9 Å². The first-order valence-electron chi connectivity index (χ1n) is 4.68. The number of nitrogens with zero attached hydrogens (tertiary/aromatic N) is 1. The molecule has 3 nitrogen and oxygen atoms in total. The van der Waals surface area contributed by atoms with E-state index >= 15 is 0 Å². The molecule has 0 aromatic carbocycles. The molecular formula is C9H15ClN2OS. The summed E-state index contributed by atoms with van der Waals surface area (Å²) in [7, 11) is 0. The number of rotatable bonds is 5. The first kappa shape index (κ1) is 11.9. The summed E-state index contributed by atoms with van der Waals surface area (Å²) in [4.78, 5) is 4.05. The topological polar surface area (TPSA) is 59.1 Å². The second kappa shape index (κ2) is 5.66. The zero-order valence-electron chi connectivity index (χ0n) is 8.11. The maximum absolute atomic E-state index is 9.93. The van der Waals surface area contributed by atoms with E-state index in [-0.39, 0.29) is 5.92 Å². The highest BCUT2D eigenvalue weighted by atomic mass is 35.5. The first-order chi connectivity index (χ1) is 6.69. The van der Waals surface area contributed by atoms with Crippen molar-refractivity contribution >= 4 is 22.9 Å². The van der Waals surface area contributed by atoms with Crippen LogP contribution in [0.2, 0.25) is 4.34 Å². The minimum Gasteiger partial charge on any atom is -0.386 e. The van der Waals surface area contributed by atoms with E-state index < -0.39 is 6.10 Å². The summed E-state index contributed by atoms with van der Waals surface area (Å²) < 4.78 is 0.603. The van der Waals surface area contributed by atoms with E-state index in [4.69, 9.17) is 17.3 Å². The maximum atomic E-state index is 9.93. The molecule has 0 aliphatic heterocycles. The van der Waals surface area contributed by atoms with Gasteiger partial charge in [-0.3, -0.25) is 0 Å². The molecule has 1 aromatic rings. The van der Waals surface area contributed by atoms with Gasteiger partial charge in [0, 0.05) is 5.92 Å². The van der Waals surface area contributed by atoms with Crippen LogP contribution in [0.1, 0.15) is 30.9 Å². The third-order valence-electron chi connectivity index (χ3n) is 2.16. The average molecular weight is 235 g/mol. The number of halogens is 1. The van der Waals surface area contributed by atoms with Crippen molar-refractivity contribution in [1.82, 2.24) is 4.98 Å². The van der Waals surface area contributed by atoms with Crippen molar-refractivity contribution in [3.63, 3.8) is 0 Å². The molecule has 1 heterocycles. The van der Waals surface area contributed by atoms with Crippen LogP contribution in [0, 0.1) is 5.92 Å². The van der Waals surface area contributed by atoms with Crippen LogP contribution in [-0.2, 0) is 0 Å². The van der Waals surface area contributed by atoms with Gasteiger partial charge in [-0.25, -0.2) is 4.98 Å². The molecule has 3 N–H and O–H groups in total. The van der Waals surface area contributed by atoms with Gasteiger partial charge in [-0.15, -0.1) is 11.3 Å². The van der Waals surface area contributed by atoms with Crippen molar-refractivity contribution in [2.45, 2.75) is 25.9 Å². The second-order valence-corrected chi connectivity index (χ2v) is 4.93. The van der Waals surface area contributed by atoms with Crippen molar-refractivity contribution < 1.29 is 5.11 Å². The highest BCUT2D eigenvalue weighted by Gasteiger charge is 2.21. The first-order valence-corrected chi connectivity index (χ1v) is 5.87. The summed E-state index contributed by atoms with van der Waals surface area (Å²) in [5, 5.41) is 10.6. The summed E-state index contributed by atoms with van der Waals surface area (Å²) in [5.41, 5.74) is 5.59. The summed E-state index contributed by atoms with van der Waals surface area (Å²) in [6.45, 7) is 2.55. The summed E-state index contributed by atoms with van der Waals surface area (Å²) in [6.07, 6.45) is 2.91. The number of hydrogen-bond acceptors (Lipinski definition) is 4. The maximum Gasteiger partial charge on any atom is 0.123 e. The van der Waals surface area contributed by atoms with Crippen molar-refractivity contribution in [3.8, 4) is 0 Å². The van der Waals surface area contributed by atoms with E-state index in [9.17, 15) is 5.11 Å². The van der Waals surface area contributed by atoms with E-state index in [2.05, 4.69) is 11.9 Å². The molecule has 0 saturated carbocycles. The summed E-state index contributed by atoms with van der Waals surface area (Å²) >= 11 is 7.06. The lowest BCUT2D eigenvalue weighted by Crippen LogP contribution is -2.21. The van der Waals surface area contributed by atoms with Crippen LogP contribution in [0.25, 0.3) is 0 Å². The number of aromatic nitrogens is 1. The van der Waals surface area contributed by atoms with Gasteiger partial charge in [-0.1, -0.05) is 24.9 Å². The fraction of sp³-hybridized carbons (Fsp3) is 0.667. The molecule has 0 amide bonds. The van der Waals surface area contributed by atoms with E-state index in [1.54, 1.807) is 6.20 Å². The molecule has 80 valence electrons. The number of thiazole rings is 1. The highest BCUT2D eigenvalue weighted by molar-refractivity contribution is 7.15. The van der Waals surface area contributed by atoms with Gasteiger partial charge in [0.05, 0.1) is 6.20 Å². The van der Waals surface area contributed by atoms with Crippen molar-refractivity contribution in [2.75, 3.05) is 6.54 Å². The van der Waals surface area contributed by atoms with Gasteiger partial charge in [0.2, 0.25) is 0 Å². The molecular weight excluding hydrogens is 220 g/mol. The van der Waals surface area contributed by atoms with Crippen LogP contribution in [0.5, 0.6) is 0 Å². The number of aliphatic hydroxyl groups is 1. The Hall–Kier alpha value is -0.160. The van der Waals surface area contributed by atoms with E-state index in [1.807, 2.05) is 0 Å². The third kappa shape index (κ3) is 2.92. The van der Waals surface area contributed by atoms with E-state index in [0.29, 0.717) is 15.9 Å². The summed E-state index contributed by atoms with van der Waals surface area (Å²) in [6, 6.07) is 0. The van der Waals surface area contributed by atoms with E-state index in [1.165, 1.54) is 11.3 Å². The summed E-state index contributed by atoms with van der Waals surface area (Å²) in [5.74, 6) is 0.0854. The predicted molar refractivity (Wildman–Crippen MR) is 59.5 cm³/mol. The van der Waals surface area contributed by atoms with Crippen LogP contribution in [-0.4, -0.2) is 16.6 Å². The van der Waals surface area contributed by atoms with Crippen LogP contribution < -0.4 is 5.73 Å². The molecule has 1 aromatic heterocycles. The third-order valence-corrected chi connectivity index (χ3v) is 3.34. The molecule has 0 saturated heterocycles. The van der Waals surface area contributed by atoms with Gasteiger partial charge in [0.15, 0.2) is 0 Å². The zero-order valence-corrected chi connectivity index (χ0v) is 9.68. The van der Waals surface area contributed by atoms with Gasteiger partial charge in [-0.2, -0.15) is 0 Å². The van der Waals surface area contributed by atoms with Crippen molar-refractivity contribution in [3.05, 3.63) is 15.5 Å². The Balaban J connectivity index is 2.66. The molecule has 0 bridgehead atoms. The Morgan fingerprint density at radius 3 is 2.86 bits per heavy atom. The molecule has 1 rings (SSSR count). The quantitative estimate of drug-likeness (QED) is 0.821.